The largest absolute Gasteiger partial charge is 0.261 e. The summed E-state index contributed by atoms with van der Waals surface area (Å²) in [5.74, 6) is 0. The summed E-state index contributed by atoms with van der Waals surface area (Å²) in [6.07, 6.45) is 2.46. The van der Waals surface area contributed by atoms with Gasteiger partial charge in [0.2, 0.25) is 0 Å². The molecule has 0 aliphatic rings. The molecule has 2 nitrogen and oxygen atoms in total. The molecule has 0 N–H and O–H groups in total. The van der Waals surface area contributed by atoms with Gasteiger partial charge in [-0.05, 0) is 24.3 Å². The number of para-hydroxylation sites is 1. The molecule has 0 spiro atoms. The molecule has 0 saturated carbocycles. The highest BCUT2D eigenvalue weighted by Gasteiger charge is 2.05. The van der Waals surface area contributed by atoms with Crippen molar-refractivity contribution in [3.63, 3.8) is 0 Å². The van der Waals surface area contributed by atoms with Crippen LogP contribution in [0.5, 0.6) is 0 Å². The summed E-state index contributed by atoms with van der Waals surface area (Å²) in [6, 6.07) is 11.8. The number of nitrogens with zero attached hydrogens (tertiary/aromatic N) is 2. The van der Waals surface area contributed by atoms with Gasteiger partial charge >= 0.3 is 0 Å². The molecule has 4 heteroatoms. The van der Waals surface area contributed by atoms with E-state index in [9.17, 15) is 0 Å². The maximum absolute atomic E-state index is 5.93. The minimum atomic E-state index is 0.719. The monoisotopic (exact) mass is 260 g/mol. The summed E-state index contributed by atoms with van der Waals surface area (Å²) in [4.78, 5) is 8.86. The quantitative estimate of drug-likeness (QED) is 0.698. The predicted molar refractivity (Wildman–Crippen MR) is 71.7 cm³/mol. The Labute approximate surface area is 108 Å². The van der Waals surface area contributed by atoms with Crippen molar-refractivity contribution in [2.24, 2.45) is 0 Å². The molecule has 84 valence electrons. The second-order valence-electron chi connectivity index (χ2n) is 3.72. The third kappa shape index (κ3) is 2.30. The molecule has 0 unspecified atom stereocenters. The number of hydrogen-bond donors (Lipinski definition) is 0. The van der Waals surface area contributed by atoms with Crippen LogP contribution in [0.15, 0.2) is 42.6 Å². The van der Waals surface area contributed by atoms with Gasteiger partial charge in [-0.25, -0.2) is 4.98 Å². The summed E-state index contributed by atoms with van der Waals surface area (Å²) < 4.78 is 1.21. The zero-order chi connectivity index (χ0) is 11.7. The van der Waals surface area contributed by atoms with Crippen LogP contribution >= 0.6 is 22.9 Å². The number of fused-ring (bicyclic) bond motifs is 1. The highest BCUT2D eigenvalue weighted by molar-refractivity contribution is 7.18. The number of benzene rings is 1. The highest BCUT2D eigenvalue weighted by Crippen LogP contribution is 2.23. The van der Waals surface area contributed by atoms with Crippen molar-refractivity contribution in [1.82, 2.24) is 9.97 Å². The Morgan fingerprint density at radius 1 is 1.18 bits per heavy atom. The number of pyridine rings is 1. The molecule has 0 saturated heterocycles. The summed E-state index contributed by atoms with van der Waals surface area (Å²) in [5.41, 5.74) is 2.01. The van der Waals surface area contributed by atoms with E-state index in [0.717, 1.165) is 27.7 Å². The van der Waals surface area contributed by atoms with Crippen LogP contribution in [0.25, 0.3) is 10.2 Å². The minimum absolute atomic E-state index is 0.719. The van der Waals surface area contributed by atoms with Crippen LogP contribution in [0.3, 0.4) is 0 Å². The zero-order valence-corrected chi connectivity index (χ0v) is 10.5. The van der Waals surface area contributed by atoms with Crippen molar-refractivity contribution in [3.8, 4) is 0 Å². The topological polar surface area (TPSA) is 25.8 Å². The van der Waals surface area contributed by atoms with Crippen molar-refractivity contribution in [3.05, 3.63) is 58.3 Å². The Morgan fingerprint density at radius 3 is 2.88 bits per heavy atom. The van der Waals surface area contributed by atoms with Crippen molar-refractivity contribution in [2.75, 3.05) is 0 Å². The molecule has 0 fully saturated rings. The molecular weight excluding hydrogens is 252 g/mol. The molecule has 1 aromatic carbocycles. The SMILES string of the molecule is Clc1ccnc(Cc2nc3ccccc3s2)c1. The molecule has 0 amide bonds. The fourth-order valence-corrected chi connectivity index (χ4v) is 2.86. The summed E-state index contributed by atoms with van der Waals surface area (Å²) in [6.45, 7) is 0. The molecule has 2 heterocycles. The van der Waals surface area contributed by atoms with Gasteiger partial charge in [0.25, 0.3) is 0 Å². The third-order valence-electron chi connectivity index (χ3n) is 2.45. The molecule has 0 aliphatic carbocycles. The number of aromatic nitrogens is 2. The van der Waals surface area contributed by atoms with E-state index in [1.165, 1.54) is 4.70 Å². The van der Waals surface area contributed by atoms with Crippen LogP contribution in [0, 0.1) is 0 Å². The summed E-state index contributed by atoms with van der Waals surface area (Å²) in [7, 11) is 0. The van der Waals surface area contributed by atoms with E-state index in [1.54, 1.807) is 23.6 Å². The highest BCUT2D eigenvalue weighted by atomic mass is 35.5. The maximum atomic E-state index is 5.93. The van der Waals surface area contributed by atoms with Crippen molar-refractivity contribution >= 4 is 33.2 Å². The van der Waals surface area contributed by atoms with E-state index < -0.39 is 0 Å². The van der Waals surface area contributed by atoms with E-state index in [2.05, 4.69) is 16.0 Å². The lowest BCUT2D eigenvalue weighted by atomic mass is 10.3. The third-order valence-corrected chi connectivity index (χ3v) is 3.72. The smallest absolute Gasteiger partial charge is 0.0998 e. The van der Waals surface area contributed by atoms with Gasteiger partial charge in [-0.2, -0.15) is 0 Å². The lowest BCUT2D eigenvalue weighted by molar-refractivity contribution is 1.06. The van der Waals surface area contributed by atoms with Crippen molar-refractivity contribution in [2.45, 2.75) is 6.42 Å². The Morgan fingerprint density at radius 2 is 2.06 bits per heavy atom. The maximum Gasteiger partial charge on any atom is 0.0998 e. The Balaban J connectivity index is 1.94. The Bertz CT molecular complexity index is 630. The van der Waals surface area contributed by atoms with Crippen molar-refractivity contribution in [1.29, 1.82) is 0 Å². The summed E-state index contributed by atoms with van der Waals surface area (Å²) in [5, 5.41) is 1.79. The average molecular weight is 261 g/mol. The van der Waals surface area contributed by atoms with Crippen LogP contribution in [-0.4, -0.2) is 9.97 Å². The van der Waals surface area contributed by atoms with Crippen LogP contribution in [0.4, 0.5) is 0 Å². The van der Waals surface area contributed by atoms with Crippen molar-refractivity contribution < 1.29 is 0 Å². The lowest BCUT2D eigenvalue weighted by Gasteiger charge is -1.96. The van der Waals surface area contributed by atoms with E-state index in [-0.39, 0.29) is 0 Å². The fourth-order valence-electron chi connectivity index (χ4n) is 1.70. The van der Waals surface area contributed by atoms with E-state index in [4.69, 9.17) is 11.6 Å². The van der Waals surface area contributed by atoms with E-state index in [1.807, 2.05) is 24.3 Å². The summed E-state index contributed by atoms with van der Waals surface area (Å²) >= 11 is 7.64. The zero-order valence-electron chi connectivity index (χ0n) is 8.93. The van der Waals surface area contributed by atoms with Crippen LogP contribution < -0.4 is 0 Å². The van der Waals surface area contributed by atoms with Crippen LogP contribution in [-0.2, 0) is 6.42 Å². The van der Waals surface area contributed by atoms with Gasteiger partial charge in [0.15, 0.2) is 0 Å². The second kappa shape index (κ2) is 4.43. The van der Waals surface area contributed by atoms with Gasteiger partial charge in [0.1, 0.15) is 0 Å². The molecule has 0 bridgehead atoms. The van der Waals surface area contributed by atoms with E-state index >= 15 is 0 Å². The van der Waals surface area contributed by atoms with Crippen LogP contribution in [0.1, 0.15) is 10.7 Å². The molecule has 0 aliphatic heterocycles. The number of halogens is 1. The molecule has 2 aromatic heterocycles. The van der Waals surface area contributed by atoms with Gasteiger partial charge in [-0.3, -0.25) is 4.98 Å². The van der Waals surface area contributed by atoms with Gasteiger partial charge in [0, 0.05) is 23.3 Å². The first-order valence-corrected chi connectivity index (χ1v) is 6.45. The predicted octanol–water partition coefficient (Wildman–Crippen LogP) is 3.94. The first-order valence-electron chi connectivity index (χ1n) is 5.26. The molecular formula is C13H9ClN2S. The Hall–Kier alpha value is -1.45. The number of thiazole rings is 1. The number of rotatable bonds is 2. The molecule has 0 radical (unpaired) electrons. The molecule has 3 rings (SSSR count). The standard InChI is InChI=1S/C13H9ClN2S/c14-9-5-6-15-10(7-9)8-13-16-11-3-1-2-4-12(11)17-13/h1-7H,8H2. The first kappa shape index (κ1) is 10.7. The van der Waals surface area contributed by atoms with Crippen LogP contribution in [0.2, 0.25) is 5.02 Å². The normalized spacial score (nSPS) is 10.9. The lowest BCUT2D eigenvalue weighted by Crippen LogP contribution is -1.90. The van der Waals surface area contributed by atoms with Gasteiger partial charge in [-0.1, -0.05) is 23.7 Å². The van der Waals surface area contributed by atoms with Gasteiger partial charge < -0.3 is 0 Å². The molecule has 17 heavy (non-hydrogen) atoms. The second-order valence-corrected chi connectivity index (χ2v) is 5.27. The minimum Gasteiger partial charge on any atom is -0.261 e. The average Bonchev–Trinajstić information content (AvgIpc) is 2.71. The van der Waals surface area contributed by atoms with E-state index in [0.29, 0.717) is 0 Å². The number of hydrogen-bond acceptors (Lipinski definition) is 3. The Kier molecular flexibility index (Phi) is 2.79. The van der Waals surface area contributed by atoms with Gasteiger partial charge in [0.05, 0.1) is 15.2 Å². The molecule has 3 aromatic rings. The molecule has 0 atom stereocenters. The fraction of sp³-hybridized carbons (Fsp3) is 0.0769. The van der Waals surface area contributed by atoms with Gasteiger partial charge in [-0.15, -0.1) is 11.3 Å². The first-order chi connectivity index (χ1) is 8.31.